The van der Waals surface area contributed by atoms with E-state index >= 15 is 0 Å². The van der Waals surface area contributed by atoms with E-state index in [1.165, 1.54) is 12.8 Å². The van der Waals surface area contributed by atoms with Crippen LogP contribution in [0.4, 0.5) is 11.4 Å². The molecule has 0 bridgehead atoms. The van der Waals surface area contributed by atoms with Gasteiger partial charge >= 0.3 is 5.97 Å². The topological polar surface area (TPSA) is 67.6 Å². The fourth-order valence-corrected chi connectivity index (χ4v) is 2.91. The number of rotatable bonds is 6. The molecule has 1 aromatic rings. The molecule has 1 atom stereocenters. The molecule has 0 aromatic heterocycles. The number of carbonyl (C=O) groups excluding carboxylic acids is 1. The van der Waals surface area contributed by atoms with Gasteiger partial charge in [0.25, 0.3) is 0 Å². The van der Waals surface area contributed by atoms with Gasteiger partial charge < -0.3 is 15.8 Å². The van der Waals surface area contributed by atoms with Crippen molar-refractivity contribution in [1.82, 2.24) is 4.90 Å². The molecule has 1 aliphatic heterocycles. The van der Waals surface area contributed by atoms with Gasteiger partial charge in [0.15, 0.2) is 0 Å². The Bertz CT molecular complexity index is 490. The minimum atomic E-state index is -0.328. The van der Waals surface area contributed by atoms with E-state index < -0.39 is 0 Å². The smallest absolute Gasteiger partial charge is 0.340 e. The predicted molar refractivity (Wildman–Crippen MR) is 85.6 cm³/mol. The zero-order valence-corrected chi connectivity index (χ0v) is 12.9. The molecule has 0 radical (unpaired) electrons. The first-order chi connectivity index (χ1) is 10.2. The lowest BCUT2D eigenvalue weighted by Gasteiger charge is -2.24. The van der Waals surface area contributed by atoms with Gasteiger partial charge in [0.05, 0.1) is 23.5 Å². The molecule has 1 unspecified atom stereocenters. The number of ether oxygens (including phenoxy) is 1. The standard InChI is InChI=1S/C16H25N3O2/c1-3-19-10-6-7-12(19)11-18-15-13(16(20)21-4-2)8-5-9-14(15)17/h5,8-9,12,18H,3-4,6-7,10-11,17H2,1-2H3. The summed E-state index contributed by atoms with van der Waals surface area (Å²) in [7, 11) is 0. The summed E-state index contributed by atoms with van der Waals surface area (Å²) in [6.07, 6.45) is 2.41. The van der Waals surface area contributed by atoms with E-state index in [0.29, 0.717) is 29.6 Å². The van der Waals surface area contributed by atoms with Crippen LogP contribution in [-0.4, -0.2) is 43.2 Å². The largest absolute Gasteiger partial charge is 0.462 e. The molecule has 0 saturated carbocycles. The summed E-state index contributed by atoms with van der Waals surface area (Å²) in [5, 5.41) is 3.36. The second-order valence-corrected chi connectivity index (χ2v) is 5.30. The Morgan fingerprint density at radius 3 is 3.00 bits per heavy atom. The third-order valence-electron chi connectivity index (χ3n) is 4.01. The maximum Gasteiger partial charge on any atom is 0.340 e. The van der Waals surface area contributed by atoms with Crippen molar-refractivity contribution in [2.45, 2.75) is 32.7 Å². The Morgan fingerprint density at radius 1 is 1.48 bits per heavy atom. The van der Waals surface area contributed by atoms with E-state index in [1.54, 1.807) is 25.1 Å². The zero-order chi connectivity index (χ0) is 15.2. The lowest BCUT2D eigenvalue weighted by Crippen LogP contribution is -2.35. The Morgan fingerprint density at radius 2 is 2.29 bits per heavy atom. The second-order valence-electron chi connectivity index (χ2n) is 5.30. The highest BCUT2D eigenvalue weighted by atomic mass is 16.5. The number of likely N-dealkylation sites (N-methyl/N-ethyl adjacent to an activating group) is 1. The van der Waals surface area contributed by atoms with Crippen LogP contribution in [0, 0.1) is 0 Å². The first-order valence-corrected chi connectivity index (χ1v) is 7.70. The van der Waals surface area contributed by atoms with Gasteiger partial charge in [-0.15, -0.1) is 0 Å². The molecule has 0 amide bonds. The van der Waals surface area contributed by atoms with E-state index in [0.717, 1.165) is 19.6 Å². The summed E-state index contributed by atoms with van der Waals surface area (Å²) in [5.41, 5.74) is 7.81. The number of likely N-dealkylation sites (tertiary alicyclic amines) is 1. The van der Waals surface area contributed by atoms with Crippen molar-refractivity contribution >= 4 is 17.3 Å². The van der Waals surface area contributed by atoms with Crippen LogP contribution >= 0.6 is 0 Å². The Kier molecular flexibility index (Phi) is 5.44. The van der Waals surface area contributed by atoms with Crippen molar-refractivity contribution in [1.29, 1.82) is 0 Å². The fourth-order valence-electron chi connectivity index (χ4n) is 2.91. The van der Waals surface area contributed by atoms with Gasteiger partial charge in [-0.05, 0) is 45.0 Å². The summed E-state index contributed by atoms with van der Waals surface area (Å²) < 4.78 is 5.09. The minimum absolute atomic E-state index is 0.328. The highest BCUT2D eigenvalue weighted by Crippen LogP contribution is 2.25. The number of para-hydroxylation sites is 1. The zero-order valence-electron chi connectivity index (χ0n) is 12.9. The third-order valence-corrected chi connectivity index (χ3v) is 4.01. The number of hydrogen-bond donors (Lipinski definition) is 2. The van der Waals surface area contributed by atoms with Crippen LogP contribution in [0.2, 0.25) is 0 Å². The quantitative estimate of drug-likeness (QED) is 0.622. The van der Waals surface area contributed by atoms with Crippen LogP contribution in [0.25, 0.3) is 0 Å². The number of nitrogens with two attached hydrogens (primary N) is 1. The van der Waals surface area contributed by atoms with Crippen LogP contribution in [0.3, 0.4) is 0 Å². The Balaban J connectivity index is 2.10. The number of carbonyl (C=O) groups is 1. The minimum Gasteiger partial charge on any atom is -0.462 e. The van der Waals surface area contributed by atoms with Crippen molar-refractivity contribution in [3.63, 3.8) is 0 Å². The fraction of sp³-hybridized carbons (Fsp3) is 0.562. The predicted octanol–water partition coefficient (Wildman–Crippen LogP) is 2.34. The number of nitrogen functional groups attached to an aromatic ring is 1. The first kappa shape index (κ1) is 15.6. The van der Waals surface area contributed by atoms with Crippen molar-refractivity contribution in [2.24, 2.45) is 0 Å². The first-order valence-electron chi connectivity index (χ1n) is 7.70. The number of benzene rings is 1. The highest BCUT2D eigenvalue weighted by molar-refractivity contribution is 5.98. The Labute approximate surface area is 126 Å². The molecule has 1 fully saturated rings. The monoisotopic (exact) mass is 291 g/mol. The van der Waals surface area contributed by atoms with E-state index in [4.69, 9.17) is 10.5 Å². The second kappa shape index (κ2) is 7.31. The number of hydrogen-bond acceptors (Lipinski definition) is 5. The molecule has 1 saturated heterocycles. The number of nitrogens with one attached hydrogen (secondary N) is 1. The van der Waals surface area contributed by atoms with E-state index in [1.807, 2.05) is 0 Å². The van der Waals surface area contributed by atoms with Gasteiger partial charge in [0.1, 0.15) is 0 Å². The summed E-state index contributed by atoms with van der Waals surface area (Å²) in [6, 6.07) is 5.84. The SMILES string of the molecule is CCOC(=O)c1cccc(N)c1NCC1CCCN1CC. The molecule has 1 aromatic carbocycles. The molecule has 3 N–H and O–H groups in total. The van der Waals surface area contributed by atoms with Crippen molar-refractivity contribution in [3.05, 3.63) is 23.8 Å². The number of anilines is 2. The molecule has 1 heterocycles. The maximum atomic E-state index is 12.0. The molecular formula is C16H25N3O2. The van der Waals surface area contributed by atoms with Gasteiger partial charge in [-0.3, -0.25) is 4.90 Å². The van der Waals surface area contributed by atoms with E-state index in [9.17, 15) is 4.79 Å². The van der Waals surface area contributed by atoms with Crippen LogP contribution < -0.4 is 11.1 Å². The van der Waals surface area contributed by atoms with Gasteiger partial charge in [-0.25, -0.2) is 4.79 Å². The van der Waals surface area contributed by atoms with Gasteiger partial charge in [0, 0.05) is 12.6 Å². The summed E-state index contributed by atoms with van der Waals surface area (Å²) in [6.45, 7) is 7.35. The lowest BCUT2D eigenvalue weighted by atomic mass is 10.1. The molecule has 0 spiro atoms. The number of nitrogens with zero attached hydrogens (tertiary/aromatic N) is 1. The Hall–Kier alpha value is -1.75. The van der Waals surface area contributed by atoms with Crippen LogP contribution in [0.15, 0.2) is 18.2 Å². The van der Waals surface area contributed by atoms with Crippen molar-refractivity contribution in [2.75, 3.05) is 37.3 Å². The van der Waals surface area contributed by atoms with Crippen LogP contribution in [-0.2, 0) is 4.74 Å². The average Bonchev–Trinajstić information content (AvgIpc) is 2.93. The molecule has 21 heavy (non-hydrogen) atoms. The third kappa shape index (κ3) is 3.67. The van der Waals surface area contributed by atoms with Crippen LogP contribution in [0.1, 0.15) is 37.0 Å². The summed E-state index contributed by atoms with van der Waals surface area (Å²) in [5.74, 6) is -0.328. The molecule has 2 rings (SSSR count). The van der Waals surface area contributed by atoms with Crippen molar-refractivity contribution in [3.8, 4) is 0 Å². The number of esters is 1. The normalized spacial score (nSPS) is 18.7. The van der Waals surface area contributed by atoms with Crippen molar-refractivity contribution < 1.29 is 9.53 Å². The molecule has 116 valence electrons. The van der Waals surface area contributed by atoms with E-state index in [-0.39, 0.29) is 5.97 Å². The molecular weight excluding hydrogens is 266 g/mol. The summed E-state index contributed by atoms with van der Waals surface area (Å²) in [4.78, 5) is 14.5. The van der Waals surface area contributed by atoms with Crippen LogP contribution in [0.5, 0.6) is 0 Å². The van der Waals surface area contributed by atoms with Gasteiger partial charge in [0.2, 0.25) is 0 Å². The van der Waals surface area contributed by atoms with Gasteiger partial charge in [-0.1, -0.05) is 13.0 Å². The molecule has 5 nitrogen and oxygen atoms in total. The molecule has 5 heteroatoms. The lowest BCUT2D eigenvalue weighted by molar-refractivity contribution is 0.0527. The van der Waals surface area contributed by atoms with E-state index in [2.05, 4.69) is 17.1 Å². The van der Waals surface area contributed by atoms with Gasteiger partial charge in [-0.2, -0.15) is 0 Å². The molecule has 1 aliphatic rings. The molecule has 0 aliphatic carbocycles. The maximum absolute atomic E-state index is 12.0. The summed E-state index contributed by atoms with van der Waals surface area (Å²) >= 11 is 0. The average molecular weight is 291 g/mol. The highest BCUT2D eigenvalue weighted by Gasteiger charge is 2.23.